The van der Waals surface area contributed by atoms with Gasteiger partial charge in [0.2, 0.25) is 0 Å². The molecule has 0 bridgehead atoms. The fourth-order valence-corrected chi connectivity index (χ4v) is 4.36. The molecule has 21 heavy (non-hydrogen) atoms. The molecule has 2 aromatic rings. The van der Waals surface area contributed by atoms with Gasteiger partial charge in [0, 0.05) is 9.75 Å². The second-order valence-electron chi connectivity index (χ2n) is 5.44. The zero-order valence-electron chi connectivity index (χ0n) is 11.7. The van der Waals surface area contributed by atoms with Gasteiger partial charge < -0.3 is 0 Å². The summed E-state index contributed by atoms with van der Waals surface area (Å²) in [6.45, 7) is 0. The van der Waals surface area contributed by atoms with Crippen molar-refractivity contribution >= 4 is 22.9 Å². The molecule has 0 amide bonds. The molecule has 1 aliphatic rings. The van der Waals surface area contributed by atoms with Gasteiger partial charge in [0.25, 0.3) is 0 Å². The quantitative estimate of drug-likeness (QED) is 0.654. The Balaban J connectivity index is 1.85. The van der Waals surface area contributed by atoms with Gasteiger partial charge in [-0.25, -0.2) is 4.39 Å². The summed E-state index contributed by atoms with van der Waals surface area (Å²) < 4.78 is 14.0. The van der Waals surface area contributed by atoms with E-state index < -0.39 is 0 Å². The number of hydrogen-bond donors (Lipinski definition) is 2. The smallest absolute Gasteiger partial charge is 0.145 e. The first-order valence-corrected chi connectivity index (χ1v) is 8.39. The Morgan fingerprint density at radius 2 is 2.14 bits per heavy atom. The second kappa shape index (κ2) is 6.44. The summed E-state index contributed by atoms with van der Waals surface area (Å²) in [6.07, 6.45) is 5.32. The first-order chi connectivity index (χ1) is 10.2. The third-order valence-corrected chi connectivity index (χ3v) is 5.66. The highest BCUT2D eigenvalue weighted by atomic mass is 35.5. The molecule has 3 rings (SSSR count). The molecule has 0 aliphatic heterocycles. The third kappa shape index (κ3) is 3.14. The zero-order chi connectivity index (χ0) is 14.8. The van der Waals surface area contributed by atoms with Crippen molar-refractivity contribution < 1.29 is 4.39 Å². The maximum atomic E-state index is 14.0. The molecule has 5 heteroatoms. The van der Waals surface area contributed by atoms with Gasteiger partial charge in [-0.1, -0.05) is 23.7 Å². The van der Waals surface area contributed by atoms with E-state index in [1.54, 1.807) is 29.5 Å². The average Bonchev–Trinajstić information content (AvgIpc) is 2.92. The van der Waals surface area contributed by atoms with Crippen LogP contribution in [-0.2, 0) is 19.3 Å². The van der Waals surface area contributed by atoms with Gasteiger partial charge in [0.05, 0.1) is 11.1 Å². The first-order valence-electron chi connectivity index (χ1n) is 7.19. The number of benzene rings is 1. The van der Waals surface area contributed by atoms with Gasteiger partial charge >= 0.3 is 0 Å². The second-order valence-corrected chi connectivity index (χ2v) is 7.02. The molecule has 0 saturated carbocycles. The largest absolute Gasteiger partial charge is 0.271 e. The van der Waals surface area contributed by atoms with Gasteiger partial charge in [-0.15, -0.1) is 11.3 Å². The number of aryl methyl sites for hydroxylation is 2. The SMILES string of the molecule is NNC(Cc1cccc(Cl)c1F)c1cc2c(s1)CCCC2. The van der Waals surface area contributed by atoms with Gasteiger partial charge in [0.1, 0.15) is 5.82 Å². The lowest BCUT2D eigenvalue weighted by Gasteiger charge is -2.15. The lowest BCUT2D eigenvalue weighted by Crippen LogP contribution is -2.29. The van der Waals surface area contributed by atoms with E-state index in [4.69, 9.17) is 17.4 Å². The fraction of sp³-hybridized carbons (Fsp3) is 0.375. The van der Waals surface area contributed by atoms with Crippen LogP contribution >= 0.6 is 22.9 Å². The van der Waals surface area contributed by atoms with E-state index in [0.717, 1.165) is 12.8 Å². The van der Waals surface area contributed by atoms with E-state index in [0.29, 0.717) is 12.0 Å². The highest BCUT2D eigenvalue weighted by Gasteiger charge is 2.20. The number of nitrogens with two attached hydrogens (primary N) is 1. The minimum absolute atomic E-state index is 0.0754. The Morgan fingerprint density at radius 3 is 2.90 bits per heavy atom. The Labute approximate surface area is 133 Å². The molecule has 0 fully saturated rings. The number of halogens is 2. The fourth-order valence-electron chi connectivity index (χ4n) is 2.85. The summed E-state index contributed by atoms with van der Waals surface area (Å²) in [5, 5.41) is 0.161. The lowest BCUT2D eigenvalue weighted by molar-refractivity contribution is 0.535. The number of hydrazine groups is 1. The zero-order valence-corrected chi connectivity index (χ0v) is 13.2. The molecule has 1 aromatic carbocycles. The van der Waals surface area contributed by atoms with Crippen LogP contribution in [-0.4, -0.2) is 0 Å². The van der Waals surface area contributed by atoms with Crippen LogP contribution in [0.5, 0.6) is 0 Å². The molecule has 1 atom stereocenters. The van der Waals surface area contributed by atoms with Crippen LogP contribution in [0.25, 0.3) is 0 Å². The molecule has 1 unspecified atom stereocenters. The van der Waals surface area contributed by atoms with Crippen molar-refractivity contribution in [3.05, 3.63) is 56.0 Å². The third-order valence-electron chi connectivity index (χ3n) is 4.02. The van der Waals surface area contributed by atoms with Crippen LogP contribution in [0, 0.1) is 5.82 Å². The maximum Gasteiger partial charge on any atom is 0.145 e. The van der Waals surface area contributed by atoms with Gasteiger partial charge in [-0.3, -0.25) is 11.3 Å². The minimum atomic E-state index is -0.347. The van der Waals surface area contributed by atoms with E-state index in [9.17, 15) is 4.39 Å². The Kier molecular flexibility index (Phi) is 4.60. The molecule has 3 N–H and O–H groups in total. The maximum absolute atomic E-state index is 14.0. The number of nitrogens with one attached hydrogen (secondary N) is 1. The monoisotopic (exact) mass is 324 g/mol. The van der Waals surface area contributed by atoms with Crippen molar-refractivity contribution in [3.8, 4) is 0 Å². The summed E-state index contributed by atoms with van der Waals surface area (Å²) in [7, 11) is 0. The molecular weight excluding hydrogens is 307 g/mol. The van der Waals surface area contributed by atoms with Crippen molar-refractivity contribution in [2.24, 2.45) is 5.84 Å². The minimum Gasteiger partial charge on any atom is -0.271 e. The standard InChI is InChI=1S/C16H18ClFN2S/c17-12-6-3-5-11(16(12)18)8-13(20-19)15-9-10-4-1-2-7-14(10)21-15/h3,5-6,9,13,20H,1-2,4,7-8,19H2. The van der Waals surface area contributed by atoms with E-state index in [2.05, 4.69) is 11.5 Å². The molecule has 2 nitrogen and oxygen atoms in total. The predicted molar refractivity (Wildman–Crippen MR) is 86.1 cm³/mol. The first kappa shape index (κ1) is 15.0. The van der Waals surface area contributed by atoms with Crippen LogP contribution < -0.4 is 11.3 Å². The molecule has 112 valence electrons. The molecule has 1 heterocycles. The van der Waals surface area contributed by atoms with Crippen molar-refractivity contribution in [1.29, 1.82) is 0 Å². The molecule has 0 saturated heterocycles. The van der Waals surface area contributed by atoms with Gasteiger partial charge in [-0.05, 0) is 55.4 Å². The molecule has 0 radical (unpaired) electrons. The summed E-state index contributed by atoms with van der Waals surface area (Å²) in [6, 6.07) is 7.25. The van der Waals surface area contributed by atoms with Crippen LogP contribution in [0.4, 0.5) is 4.39 Å². The molecule has 1 aliphatic carbocycles. The number of thiophene rings is 1. The summed E-state index contributed by atoms with van der Waals surface area (Å²) >= 11 is 7.64. The Hall–Kier alpha value is -0.940. The van der Waals surface area contributed by atoms with Crippen molar-refractivity contribution in [2.45, 2.75) is 38.1 Å². The van der Waals surface area contributed by atoms with E-state index >= 15 is 0 Å². The summed E-state index contributed by atoms with van der Waals surface area (Å²) in [4.78, 5) is 2.65. The number of rotatable bonds is 4. The number of hydrogen-bond acceptors (Lipinski definition) is 3. The highest BCUT2D eigenvalue weighted by molar-refractivity contribution is 7.12. The van der Waals surface area contributed by atoms with Crippen molar-refractivity contribution in [3.63, 3.8) is 0 Å². The van der Waals surface area contributed by atoms with Crippen molar-refractivity contribution in [2.75, 3.05) is 0 Å². The van der Waals surface area contributed by atoms with E-state index in [-0.39, 0.29) is 16.9 Å². The lowest BCUT2D eigenvalue weighted by atomic mass is 9.98. The number of fused-ring (bicyclic) bond motifs is 1. The average molecular weight is 325 g/mol. The van der Waals surface area contributed by atoms with Gasteiger partial charge in [0.15, 0.2) is 0 Å². The van der Waals surface area contributed by atoms with Crippen LogP contribution in [0.3, 0.4) is 0 Å². The Morgan fingerprint density at radius 1 is 1.33 bits per heavy atom. The van der Waals surface area contributed by atoms with Crippen LogP contribution in [0.1, 0.15) is 39.8 Å². The molecular formula is C16H18ClFN2S. The van der Waals surface area contributed by atoms with E-state index in [1.807, 2.05) is 0 Å². The summed E-state index contributed by atoms with van der Waals surface area (Å²) in [5.74, 6) is 5.35. The van der Waals surface area contributed by atoms with Crippen molar-refractivity contribution in [1.82, 2.24) is 5.43 Å². The topological polar surface area (TPSA) is 38.0 Å². The molecule has 0 spiro atoms. The normalized spacial score (nSPS) is 15.8. The van der Waals surface area contributed by atoms with E-state index in [1.165, 1.54) is 28.2 Å². The van der Waals surface area contributed by atoms with Crippen LogP contribution in [0.15, 0.2) is 24.3 Å². The molecule has 1 aromatic heterocycles. The van der Waals surface area contributed by atoms with Gasteiger partial charge in [-0.2, -0.15) is 0 Å². The Bertz CT molecular complexity index is 618. The van der Waals surface area contributed by atoms with Crippen LogP contribution in [0.2, 0.25) is 5.02 Å². The predicted octanol–water partition coefficient (Wildman–Crippen LogP) is 4.17. The highest BCUT2D eigenvalue weighted by Crippen LogP contribution is 2.34. The summed E-state index contributed by atoms with van der Waals surface area (Å²) in [5.41, 5.74) is 4.86.